The summed E-state index contributed by atoms with van der Waals surface area (Å²) in [5, 5.41) is 5.50. The zero-order valence-electron chi connectivity index (χ0n) is 31.2. The lowest BCUT2D eigenvalue weighted by molar-refractivity contribution is -0.135. The number of hydrogen-bond donors (Lipinski definition) is 4. The van der Waals surface area contributed by atoms with Crippen LogP contribution in [0.2, 0.25) is 0 Å². The molecule has 2 saturated carbocycles. The van der Waals surface area contributed by atoms with Gasteiger partial charge in [-0.2, -0.15) is 0 Å². The highest BCUT2D eigenvalue weighted by Gasteiger charge is 2.44. The Kier molecular flexibility index (Phi) is 9.25. The summed E-state index contributed by atoms with van der Waals surface area (Å²) < 4.78 is 22.2. The van der Waals surface area contributed by atoms with Gasteiger partial charge in [0, 0.05) is 24.2 Å². The number of carbonyl (C=O) groups excluding carboxylic acids is 4. The van der Waals surface area contributed by atoms with Gasteiger partial charge in [0.2, 0.25) is 11.8 Å². The molecule has 56 heavy (non-hydrogen) atoms. The van der Waals surface area contributed by atoms with E-state index in [1.54, 1.807) is 12.4 Å². The molecule has 292 valence electrons. The molecular weight excluding hydrogens is 720 g/mol. The van der Waals surface area contributed by atoms with Gasteiger partial charge in [-0.3, -0.25) is 9.59 Å². The number of carbonyl (C=O) groups is 4. The highest BCUT2D eigenvalue weighted by atomic mass is 16.6. The lowest BCUT2D eigenvalue weighted by Gasteiger charge is -2.28. The highest BCUT2D eigenvalue weighted by molar-refractivity contribution is 5.87. The molecule has 4 atom stereocenters. The molecule has 5 aliphatic rings. The van der Waals surface area contributed by atoms with E-state index in [4.69, 9.17) is 18.9 Å². The molecule has 9 rings (SSSR count). The van der Waals surface area contributed by atoms with Crippen molar-refractivity contribution in [1.82, 2.24) is 40.4 Å². The molecule has 4 fully saturated rings. The molecule has 0 spiro atoms. The number of H-pyrrole nitrogens is 2. The Morgan fingerprint density at radius 2 is 1.09 bits per heavy atom. The van der Waals surface area contributed by atoms with E-state index in [9.17, 15) is 19.2 Å². The predicted molar refractivity (Wildman–Crippen MR) is 200 cm³/mol. The monoisotopic (exact) mass is 764 g/mol. The average molecular weight is 765 g/mol. The van der Waals surface area contributed by atoms with Crippen LogP contribution in [-0.2, 0) is 19.1 Å². The van der Waals surface area contributed by atoms with Crippen LogP contribution >= 0.6 is 0 Å². The number of rotatable bonds is 10. The van der Waals surface area contributed by atoms with Gasteiger partial charge < -0.3 is 49.3 Å². The second-order valence-corrected chi connectivity index (χ2v) is 15.2. The summed E-state index contributed by atoms with van der Waals surface area (Å²) in [6.07, 6.45) is 9.10. The molecule has 2 aromatic heterocycles. The summed E-state index contributed by atoms with van der Waals surface area (Å²) in [5.41, 5.74) is 3.21. The molecule has 0 unspecified atom stereocenters. The van der Waals surface area contributed by atoms with Crippen molar-refractivity contribution in [1.29, 1.82) is 0 Å². The number of hydrogen-bond acceptors (Lipinski definition) is 10. The Morgan fingerprint density at radius 1 is 0.661 bits per heavy atom. The fourth-order valence-electron chi connectivity index (χ4n) is 8.20. The average Bonchev–Trinajstić information content (AvgIpc) is 3.94. The molecule has 0 bridgehead atoms. The van der Waals surface area contributed by atoms with Crippen LogP contribution in [0.4, 0.5) is 9.59 Å². The van der Waals surface area contributed by atoms with E-state index in [1.165, 1.54) is 14.2 Å². The van der Waals surface area contributed by atoms with Crippen molar-refractivity contribution in [3.63, 3.8) is 0 Å². The van der Waals surface area contributed by atoms with Gasteiger partial charge in [0.15, 0.2) is 23.0 Å². The largest absolute Gasteiger partial charge is 0.453 e. The Labute approximate surface area is 322 Å². The maximum absolute atomic E-state index is 13.6. The zero-order valence-corrected chi connectivity index (χ0v) is 31.2. The van der Waals surface area contributed by atoms with E-state index in [2.05, 4.69) is 30.6 Å². The number of aromatic amines is 2. The Morgan fingerprint density at radius 3 is 1.50 bits per heavy atom. The highest BCUT2D eigenvalue weighted by Crippen LogP contribution is 2.48. The van der Waals surface area contributed by atoms with Crippen LogP contribution < -0.4 is 20.1 Å². The minimum absolute atomic E-state index is 0.107. The quantitative estimate of drug-likeness (QED) is 0.132. The summed E-state index contributed by atoms with van der Waals surface area (Å²) in [6, 6.07) is 9.69. The maximum atomic E-state index is 13.6. The van der Waals surface area contributed by atoms with Gasteiger partial charge in [0.05, 0.1) is 50.1 Å². The van der Waals surface area contributed by atoms with Crippen LogP contribution in [0.1, 0.15) is 75.1 Å². The summed E-state index contributed by atoms with van der Waals surface area (Å²) in [4.78, 5) is 71.2. The first kappa shape index (κ1) is 35.6. The van der Waals surface area contributed by atoms with Crippen LogP contribution in [0.25, 0.3) is 22.5 Å². The molecule has 4 aromatic rings. The van der Waals surface area contributed by atoms with Crippen LogP contribution in [0.5, 0.6) is 23.0 Å². The first-order chi connectivity index (χ1) is 27.3. The topological polar surface area (TPSA) is 193 Å². The van der Waals surface area contributed by atoms with Gasteiger partial charge in [0.1, 0.15) is 23.7 Å². The van der Waals surface area contributed by atoms with E-state index in [0.717, 1.165) is 73.9 Å². The lowest BCUT2D eigenvalue weighted by Crippen LogP contribution is -2.49. The Hall–Kier alpha value is -6.06. The number of imidazole rings is 2. The number of aromatic nitrogens is 4. The standard InChI is InChI=1S/C40H44N8O8/c1-53-39(51)45-33(21-7-8-21)37(49)47-15-3-5-27(47)35-41-19-25(43-35)23-11-13-29-31(17-23)56-32-18-24(12-14-30(32)55-29)26-20-42-36(44-26)28-6-4-16-48(28)38(50)34(22-9-10-22)46-40(52)54-2/h11-14,17-22,27-28,33-34H,3-10,15-16H2,1-2H3,(H,41,43)(H,42,44)(H,45,51)(H,46,52)/t27-,28+,33+,34-. The van der Waals surface area contributed by atoms with Crippen molar-refractivity contribution in [2.75, 3.05) is 27.3 Å². The first-order valence-corrected chi connectivity index (χ1v) is 19.3. The van der Waals surface area contributed by atoms with Crippen molar-refractivity contribution in [2.24, 2.45) is 11.8 Å². The second kappa shape index (κ2) is 14.5. The van der Waals surface area contributed by atoms with E-state index in [0.29, 0.717) is 47.7 Å². The molecule has 2 aliphatic carbocycles. The number of amides is 4. The molecule has 2 saturated heterocycles. The summed E-state index contributed by atoms with van der Waals surface area (Å²) in [5.74, 6) is 3.63. The van der Waals surface area contributed by atoms with Crippen molar-refractivity contribution in [3.8, 4) is 45.5 Å². The summed E-state index contributed by atoms with van der Waals surface area (Å²) in [6.45, 7) is 1.18. The summed E-state index contributed by atoms with van der Waals surface area (Å²) in [7, 11) is 2.60. The number of benzene rings is 2. The van der Waals surface area contributed by atoms with Gasteiger partial charge in [-0.25, -0.2) is 19.6 Å². The molecule has 5 heterocycles. The van der Waals surface area contributed by atoms with Crippen LogP contribution in [0.15, 0.2) is 48.8 Å². The third kappa shape index (κ3) is 6.88. The molecule has 16 nitrogen and oxygen atoms in total. The molecule has 4 amide bonds. The number of ether oxygens (including phenoxy) is 4. The van der Waals surface area contributed by atoms with Gasteiger partial charge >= 0.3 is 12.2 Å². The number of methoxy groups -OCH3 is 2. The number of nitrogens with one attached hydrogen (secondary N) is 4. The molecule has 16 heteroatoms. The Bertz CT molecular complexity index is 2030. The molecule has 3 aliphatic heterocycles. The van der Waals surface area contributed by atoms with E-state index < -0.39 is 24.3 Å². The predicted octanol–water partition coefficient (Wildman–Crippen LogP) is 5.96. The van der Waals surface area contributed by atoms with Gasteiger partial charge in [-0.1, -0.05) is 0 Å². The van der Waals surface area contributed by atoms with Crippen molar-refractivity contribution in [3.05, 3.63) is 60.4 Å². The normalized spacial score (nSPS) is 20.9. The number of nitrogens with zero attached hydrogens (tertiary/aromatic N) is 4. The third-order valence-electron chi connectivity index (χ3n) is 11.5. The second-order valence-electron chi connectivity index (χ2n) is 15.2. The maximum Gasteiger partial charge on any atom is 0.407 e. The van der Waals surface area contributed by atoms with Crippen LogP contribution in [-0.4, -0.2) is 93.1 Å². The number of alkyl carbamates (subject to hydrolysis) is 2. The van der Waals surface area contributed by atoms with Crippen LogP contribution in [0, 0.1) is 11.8 Å². The minimum Gasteiger partial charge on any atom is -0.453 e. The fourth-order valence-corrected chi connectivity index (χ4v) is 8.20. The van der Waals surface area contributed by atoms with Gasteiger partial charge in [-0.05, 0) is 99.6 Å². The fraction of sp³-hybridized carbons (Fsp3) is 0.450. The zero-order chi connectivity index (χ0) is 38.5. The smallest absolute Gasteiger partial charge is 0.407 e. The molecule has 4 N–H and O–H groups in total. The van der Waals surface area contributed by atoms with E-state index >= 15 is 0 Å². The Balaban J connectivity index is 0.891. The SMILES string of the molecule is COC(=O)N[C@H](C(=O)N1CCC[C@@H]1c1ncc(-c2ccc3c(c2)Oc2cc(-c4cnc([C@@H]5CCCN5C(=O)[C@H](NC(=O)OC)C5CC5)[nH]4)ccc2O3)[nH]1)C1CC1. The van der Waals surface area contributed by atoms with Gasteiger partial charge in [-0.15, -0.1) is 0 Å². The van der Waals surface area contributed by atoms with Crippen LogP contribution in [0.3, 0.4) is 0 Å². The number of likely N-dealkylation sites (tertiary alicyclic amines) is 2. The molecule has 0 radical (unpaired) electrons. The van der Waals surface area contributed by atoms with Crippen molar-refractivity contribution in [2.45, 2.75) is 75.5 Å². The van der Waals surface area contributed by atoms with E-state index in [1.807, 2.05) is 46.2 Å². The van der Waals surface area contributed by atoms with E-state index in [-0.39, 0.29) is 35.7 Å². The lowest BCUT2D eigenvalue weighted by atomic mass is 10.1. The van der Waals surface area contributed by atoms with Crippen molar-refractivity contribution < 1.29 is 38.1 Å². The molecule has 2 aromatic carbocycles. The summed E-state index contributed by atoms with van der Waals surface area (Å²) >= 11 is 0. The number of fused-ring (bicyclic) bond motifs is 2. The third-order valence-corrected chi connectivity index (χ3v) is 11.5. The van der Waals surface area contributed by atoms with Gasteiger partial charge in [0.25, 0.3) is 0 Å². The minimum atomic E-state index is -0.606. The van der Waals surface area contributed by atoms with Crippen molar-refractivity contribution >= 4 is 24.0 Å². The first-order valence-electron chi connectivity index (χ1n) is 19.3. The molecular formula is C40H44N8O8.